The first-order chi connectivity index (χ1) is 8.19. The SMILES string of the molecule is COc1ccc(NCc2cnc(Cl)s2)cc1O. The number of aromatic hydroxyl groups is 1. The zero-order valence-electron chi connectivity index (χ0n) is 9.11. The van der Waals surface area contributed by atoms with Crippen LogP contribution in [0.1, 0.15) is 4.88 Å². The van der Waals surface area contributed by atoms with E-state index in [1.54, 1.807) is 18.3 Å². The van der Waals surface area contributed by atoms with E-state index in [9.17, 15) is 5.11 Å². The van der Waals surface area contributed by atoms with Crippen molar-refractivity contribution >= 4 is 28.6 Å². The Morgan fingerprint density at radius 3 is 2.94 bits per heavy atom. The van der Waals surface area contributed by atoms with E-state index in [2.05, 4.69) is 10.3 Å². The van der Waals surface area contributed by atoms with Gasteiger partial charge in [0.1, 0.15) is 0 Å². The van der Waals surface area contributed by atoms with Crippen LogP contribution in [0.2, 0.25) is 4.47 Å². The lowest BCUT2D eigenvalue weighted by Crippen LogP contribution is -1.97. The number of thiazole rings is 1. The molecule has 0 atom stereocenters. The van der Waals surface area contributed by atoms with Gasteiger partial charge in [-0.1, -0.05) is 11.6 Å². The molecule has 0 saturated heterocycles. The van der Waals surface area contributed by atoms with E-state index >= 15 is 0 Å². The number of phenols is 1. The minimum atomic E-state index is 0.111. The van der Waals surface area contributed by atoms with Crippen molar-refractivity contribution in [3.05, 3.63) is 33.7 Å². The van der Waals surface area contributed by atoms with Gasteiger partial charge in [0.2, 0.25) is 0 Å². The molecule has 1 aromatic carbocycles. The quantitative estimate of drug-likeness (QED) is 0.896. The Labute approximate surface area is 108 Å². The smallest absolute Gasteiger partial charge is 0.183 e. The summed E-state index contributed by atoms with van der Waals surface area (Å²) in [4.78, 5) is 4.98. The maximum atomic E-state index is 9.60. The Morgan fingerprint density at radius 2 is 2.35 bits per heavy atom. The van der Waals surface area contributed by atoms with Crippen LogP contribution in [-0.4, -0.2) is 17.2 Å². The van der Waals surface area contributed by atoms with Gasteiger partial charge < -0.3 is 15.2 Å². The first-order valence-electron chi connectivity index (χ1n) is 4.90. The van der Waals surface area contributed by atoms with Gasteiger partial charge in [0.15, 0.2) is 16.0 Å². The minimum Gasteiger partial charge on any atom is -0.504 e. The Hall–Kier alpha value is -1.46. The largest absolute Gasteiger partial charge is 0.504 e. The molecular formula is C11H11ClN2O2S. The average molecular weight is 271 g/mol. The van der Waals surface area contributed by atoms with Crippen molar-refractivity contribution in [3.8, 4) is 11.5 Å². The Bertz CT molecular complexity index is 516. The molecule has 6 heteroatoms. The van der Waals surface area contributed by atoms with Crippen molar-refractivity contribution in [3.63, 3.8) is 0 Å². The van der Waals surface area contributed by atoms with Crippen molar-refractivity contribution in [2.24, 2.45) is 0 Å². The minimum absolute atomic E-state index is 0.111. The number of hydrogen-bond donors (Lipinski definition) is 2. The highest BCUT2D eigenvalue weighted by Crippen LogP contribution is 2.29. The van der Waals surface area contributed by atoms with E-state index in [1.807, 2.05) is 6.07 Å². The zero-order valence-corrected chi connectivity index (χ0v) is 10.7. The number of aromatic nitrogens is 1. The summed E-state index contributed by atoms with van der Waals surface area (Å²) in [6.45, 7) is 0.621. The molecule has 0 fully saturated rings. The van der Waals surface area contributed by atoms with E-state index in [0.717, 1.165) is 10.6 Å². The van der Waals surface area contributed by atoms with E-state index in [-0.39, 0.29) is 5.75 Å². The molecule has 0 aliphatic heterocycles. The van der Waals surface area contributed by atoms with E-state index in [4.69, 9.17) is 16.3 Å². The molecule has 0 unspecified atom stereocenters. The highest BCUT2D eigenvalue weighted by Gasteiger charge is 2.03. The third-order valence-electron chi connectivity index (χ3n) is 2.17. The summed E-state index contributed by atoms with van der Waals surface area (Å²) in [6, 6.07) is 5.15. The summed E-state index contributed by atoms with van der Waals surface area (Å²) >= 11 is 7.15. The molecule has 2 rings (SSSR count). The van der Waals surface area contributed by atoms with Gasteiger partial charge in [0.05, 0.1) is 13.7 Å². The van der Waals surface area contributed by atoms with Gasteiger partial charge in [-0.2, -0.15) is 0 Å². The molecule has 0 saturated carbocycles. The summed E-state index contributed by atoms with van der Waals surface area (Å²) in [5.41, 5.74) is 0.813. The predicted molar refractivity (Wildman–Crippen MR) is 69.1 cm³/mol. The van der Waals surface area contributed by atoms with Crippen LogP contribution in [-0.2, 0) is 6.54 Å². The van der Waals surface area contributed by atoms with Gasteiger partial charge in [-0.05, 0) is 12.1 Å². The van der Waals surface area contributed by atoms with Crippen molar-refractivity contribution < 1.29 is 9.84 Å². The van der Waals surface area contributed by atoms with Crippen LogP contribution in [0.5, 0.6) is 11.5 Å². The number of rotatable bonds is 4. The lowest BCUT2D eigenvalue weighted by Gasteiger charge is -2.07. The first-order valence-corrected chi connectivity index (χ1v) is 6.09. The average Bonchev–Trinajstić information content (AvgIpc) is 2.73. The highest BCUT2D eigenvalue weighted by molar-refractivity contribution is 7.15. The lowest BCUT2D eigenvalue weighted by atomic mass is 10.2. The summed E-state index contributed by atoms with van der Waals surface area (Å²) in [5, 5.41) is 12.8. The molecule has 17 heavy (non-hydrogen) atoms. The number of ether oxygens (including phenoxy) is 1. The number of anilines is 1. The molecule has 0 bridgehead atoms. The number of benzene rings is 1. The van der Waals surface area contributed by atoms with Crippen LogP contribution >= 0.6 is 22.9 Å². The Kier molecular flexibility index (Phi) is 3.71. The molecule has 90 valence electrons. The maximum absolute atomic E-state index is 9.60. The number of halogens is 1. The number of hydrogen-bond acceptors (Lipinski definition) is 5. The van der Waals surface area contributed by atoms with E-state index < -0.39 is 0 Å². The molecule has 1 aromatic heterocycles. The highest BCUT2D eigenvalue weighted by atomic mass is 35.5. The third-order valence-corrected chi connectivity index (χ3v) is 3.29. The fraction of sp³-hybridized carbons (Fsp3) is 0.182. The van der Waals surface area contributed by atoms with Crippen molar-refractivity contribution in [1.29, 1.82) is 0 Å². The summed E-state index contributed by atoms with van der Waals surface area (Å²) in [5.74, 6) is 0.566. The third kappa shape index (κ3) is 3.01. The maximum Gasteiger partial charge on any atom is 0.183 e. The van der Waals surface area contributed by atoms with Gasteiger partial charge in [-0.25, -0.2) is 4.98 Å². The molecule has 0 aliphatic carbocycles. The van der Waals surface area contributed by atoms with Crippen molar-refractivity contribution in [1.82, 2.24) is 4.98 Å². The summed E-state index contributed by atoms with van der Waals surface area (Å²) < 4.78 is 5.49. The molecule has 1 heterocycles. The van der Waals surface area contributed by atoms with Crippen LogP contribution < -0.4 is 10.1 Å². The number of phenolic OH excluding ortho intramolecular Hbond substituents is 1. The topological polar surface area (TPSA) is 54.4 Å². The van der Waals surface area contributed by atoms with Crippen molar-refractivity contribution in [2.75, 3.05) is 12.4 Å². The second-order valence-electron chi connectivity index (χ2n) is 3.32. The fourth-order valence-electron chi connectivity index (χ4n) is 1.35. The van der Waals surface area contributed by atoms with E-state index in [1.165, 1.54) is 18.4 Å². The standard InChI is InChI=1S/C11H11ClN2O2S/c1-16-10-3-2-7(4-9(10)15)13-5-8-6-14-11(12)17-8/h2-4,6,13,15H,5H2,1H3. The molecule has 2 aromatic rings. The van der Waals surface area contributed by atoms with Crippen LogP contribution in [0.15, 0.2) is 24.4 Å². The van der Waals surface area contributed by atoms with Crippen molar-refractivity contribution in [2.45, 2.75) is 6.54 Å². The normalized spacial score (nSPS) is 10.2. The molecule has 0 aliphatic rings. The lowest BCUT2D eigenvalue weighted by molar-refractivity contribution is 0.373. The summed E-state index contributed by atoms with van der Waals surface area (Å²) in [7, 11) is 1.52. The Balaban J connectivity index is 2.02. The fourth-order valence-corrected chi connectivity index (χ4v) is 2.27. The van der Waals surface area contributed by atoms with Crippen LogP contribution in [0.25, 0.3) is 0 Å². The number of methoxy groups -OCH3 is 1. The zero-order chi connectivity index (χ0) is 12.3. The molecule has 0 amide bonds. The first kappa shape index (κ1) is 12.0. The summed E-state index contributed by atoms with van der Waals surface area (Å²) in [6.07, 6.45) is 1.73. The molecule has 2 N–H and O–H groups in total. The monoisotopic (exact) mass is 270 g/mol. The second kappa shape index (κ2) is 5.25. The van der Waals surface area contributed by atoms with Gasteiger partial charge >= 0.3 is 0 Å². The molecule has 0 radical (unpaired) electrons. The van der Waals surface area contributed by atoms with Gasteiger partial charge in [0, 0.05) is 22.8 Å². The molecular weight excluding hydrogens is 260 g/mol. The van der Waals surface area contributed by atoms with Crippen LogP contribution in [0.3, 0.4) is 0 Å². The molecule has 4 nitrogen and oxygen atoms in total. The van der Waals surface area contributed by atoms with Gasteiger partial charge in [-0.15, -0.1) is 11.3 Å². The van der Waals surface area contributed by atoms with Crippen LogP contribution in [0, 0.1) is 0 Å². The number of nitrogens with zero attached hydrogens (tertiary/aromatic N) is 1. The van der Waals surface area contributed by atoms with Gasteiger partial charge in [0.25, 0.3) is 0 Å². The predicted octanol–water partition coefficient (Wildman–Crippen LogP) is 3.12. The Morgan fingerprint density at radius 1 is 1.53 bits per heavy atom. The second-order valence-corrected chi connectivity index (χ2v) is 5.02. The van der Waals surface area contributed by atoms with E-state index in [0.29, 0.717) is 16.8 Å². The van der Waals surface area contributed by atoms with Crippen LogP contribution in [0.4, 0.5) is 5.69 Å². The number of nitrogens with one attached hydrogen (secondary N) is 1. The van der Waals surface area contributed by atoms with Gasteiger partial charge in [-0.3, -0.25) is 0 Å². The molecule has 0 spiro atoms.